The van der Waals surface area contributed by atoms with Crippen molar-refractivity contribution in [2.24, 2.45) is 0 Å². The number of nitrogens with zero attached hydrogens (tertiary/aromatic N) is 3. The number of para-hydroxylation sites is 2. The SMILES string of the molecule is CC#CC(=O)Nc1ccccc1Nc1cc(N(C)C(=O)NC2=C(Cl)C(OC)=CC(OC)C2(C)Cl)ncn1. The average molecular weight is 545 g/mol. The van der Waals surface area contributed by atoms with Crippen LogP contribution in [-0.4, -0.2) is 54.2 Å². The maximum absolute atomic E-state index is 13.2. The Morgan fingerprint density at radius 3 is 2.51 bits per heavy atom. The third kappa shape index (κ3) is 6.32. The molecule has 194 valence electrons. The van der Waals surface area contributed by atoms with Crippen LogP contribution in [0.15, 0.2) is 59.2 Å². The molecule has 1 aliphatic rings. The number of anilines is 4. The molecule has 10 nitrogen and oxygen atoms in total. The lowest BCUT2D eigenvalue weighted by Gasteiger charge is -2.36. The summed E-state index contributed by atoms with van der Waals surface area (Å²) in [5.41, 5.74) is 1.31. The lowest BCUT2D eigenvalue weighted by atomic mass is 9.93. The van der Waals surface area contributed by atoms with Crippen molar-refractivity contribution in [1.29, 1.82) is 0 Å². The maximum atomic E-state index is 13.2. The van der Waals surface area contributed by atoms with Crippen molar-refractivity contribution in [1.82, 2.24) is 15.3 Å². The lowest BCUT2D eigenvalue weighted by molar-refractivity contribution is -0.111. The van der Waals surface area contributed by atoms with Gasteiger partial charge in [-0.3, -0.25) is 9.69 Å². The number of allylic oxidation sites excluding steroid dienone is 1. The number of nitrogens with one attached hydrogen (secondary N) is 3. The van der Waals surface area contributed by atoms with Gasteiger partial charge in [0.15, 0.2) is 0 Å². The highest BCUT2D eigenvalue weighted by Gasteiger charge is 2.43. The van der Waals surface area contributed by atoms with Crippen molar-refractivity contribution in [3.63, 3.8) is 0 Å². The minimum absolute atomic E-state index is 0.159. The van der Waals surface area contributed by atoms with E-state index in [2.05, 4.69) is 37.8 Å². The Labute approximate surface area is 225 Å². The molecule has 1 heterocycles. The maximum Gasteiger partial charge on any atom is 0.327 e. The Balaban J connectivity index is 1.82. The molecule has 0 fully saturated rings. The summed E-state index contributed by atoms with van der Waals surface area (Å²) in [4.78, 5) is 33.6. The first-order chi connectivity index (χ1) is 17.6. The summed E-state index contributed by atoms with van der Waals surface area (Å²) in [6.45, 7) is 3.26. The Morgan fingerprint density at radius 2 is 1.86 bits per heavy atom. The fraction of sp³-hybridized carbons (Fsp3) is 0.280. The van der Waals surface area contributed by atoms with Crippen molar-refractivity contribution in [2.75, 3.05) is 36.8 Å². The van der Waals surface area contributed by atoms with Crippen molar-refractivity contribution in [3.8, 4) is 11.8 Å². The number of carbonyl (C=O) groups excluding carboxylic acids is 2. The number of benzene rings is 1. The van der Waals surface area contributed by atoms with Crippen LogP contribution in [0.25, 0.3) is 0 Å². The van der Waals surface area contributed by atoms with Gasteiger partial charge in [-0.15, -0.1) is 11.6 Å². The van der Waals surface area contributed by atoms with Gasteiger partial charge in [-0.25, -0.2) is 14.8 Å². The molecular formula is C25H26Cl2N6O4. The second-order valence-electron chi connectivity index (χ2n) is 7.91. The molecule has 2 unspecified atom stereocenters. The standard InChI is InChI=1S/C25H26Cl2N6O4/c1-6-9-21(34)31-16-11-8-7-10-15(16)30-19-13-20(29-14-28-19)33(3)24(35)32-23-22(26)17(36-4)12-18(37-5)25(23,2)27/h7-8,10-14,18H,1-5H3,(H,31,34)(H,32,35)(H,28,29,30). The summed E-state index contributed by atoms with van der Waals surface area (Å²) in [7, 11) is 4.48. The van der Waals surface area contributed by atoms with Crippen LogP contribution in [0, 0.1) is 11.8 Å². The van der Waals surface area contributed by atoms with Crippen LogP contribution in [-0.2, 0) is 14.3 Å². The summed E-state index contributed by atoms with van der Waals surface area (Å²) in [5, 5.41) is 8.75. The predicted octanol–water partition coefficient (Wildman–Crippen LogP) is 4.33. The van der Waals surface area contributed by atoms with Crippen molar-refractivity contribution in [3.05, 3.63) is 59.2 Å². The Bertz CT molecular complexity index is 1320. The van der Waals surface area contributed by atoms with E-state index in [0.29, 0.717) is 23.0 Å². The van der Waals surface area contributed by atoms with Gasteiger partial charge in [0.25, 0.3) is 5.91 Å². The van der Waals surface area contributed by atoms with Gasteiger partial charge < -0.3 is 25.4 Å². The number of alkyl halides is 1. The van der Waals surface area contributed by atoms with Crippen LogP contribution in [0.1, 0.15) is 13.8 Å². The van der Waals surface area contributed by atoms with Gasteiger partial charge in [0.1, 0.15) is 39.7 Å². The monoisotopic (exact) mass is 544 g/mol. The molecule has 0 spiro atoms. The second-order valence-corrected chi connectivity index (χ2v) is 9.07. The molecule has 2 atom stereocenters. The molecule has 2 aromatic rings. The summed E-state index contributed by atoms with van der Waals surface area (Å²) < 4.78 is 10.8. The Hall–Kier alpha value is -3.78. The number of amides is 3. The number of rotatable bonds is 7. The molecule has 1 aromatic heterocycles. The molecule has 12 heteroatoms. The first-order valence-corrected chi connectivity index (χ1v) is 11.7. The van der Waals surface area contributed by atoms with E-state index in [9.17, 15) is 9.59 Å². The van der Waals surface area contributed by atoms with E-state index in [1.807, 2.05) is 0 Å². The van der Waals surface area contributed by atoms with Gasteiger partial charge in [0, 0.05) is 20.2 Å². The molecule has 0 aliphatic heterocycles. The van der Waals surface area contributed by atoms with Crippen molar-refractivity contribution < 1.29 is 19.1 Å². The van der Waals surface area contributed by atoms with Crippen LogP contribution >= 0.6 is 23.2 Å². The highest BCUT2D eigenvalue weighted by Crippen LogP contribution is 2.40. The van der Waals surface area contributed by atoms with Crippen LogP contribution in [0.5, 0.6) is 0 Å². The number of halogens is 2. The molecular weight excluding hydrogens is 519 g/mol. The third-order valence-corrected chi connectivity index (χ3v) is 6.22. The van der Waals surface area contributed by atoms with Gasteiger partial charge in [-0.2, -0.15) is 0 Å². The Kier molecular flexibility index (Phi) is 8.99. The van der Waals surface area contributed by atoms with Crippen molar-refractivity contribution in [2.45, 2.75) is 24.8 Å². The largest absolute Gasteiger partial charge is 0.495 e. The van der Waals surface area contributed by atoms with E-state index >= 15 is 0 Å². The molecule has 0 bridgehead atoms. The highest BCUT2D eigenvalue weighted by molar-refractivity contribution is 6.35. The first-order valence-electron chi connectivity index (χ1n) is 11.0. The molecule has 37 heavy (non-hydrogen) atoms. The number of urea groups is 1. The van der Waals surface area contributed by atoms with Gasteiger partial charge >= 0.3 is 6.03 Å². The summed E-state index contributed by atoms with van der Waals surface area (Å²) >= 11 is 13.2. The number of carbonyl (C=O) groups is 2. The average Bonchev–Trinajstić information content (AvgIpc) is 2.87. The van der Waals surface area contributed by atoms with E-state index < -0.39 is 22.9 Å². The van der Waals surface area contributed by atoms with Gasteiger partial charge in [0.2, 0.25) is 0 Å². The zero-order chi connectivity index (χ0) is 27.2. The lowest BCUT2D eigenvalue weighted by Crippen LogP contribution is -2.48. The van der Waals surface area contributed by atoms with Crippen LogP contribution in [0.2, 0.25) is 0 Å². The van der Waals surface area contributed by atoms with Gasteiger partial charge in [-0.05, 0) is 38.0 Å². The number of ether oxygens (including phenoxy) is 2. The van der Waals surface area contributed by atoms with Crippen LogP contribution < -0.4 is 20.9 Å². The smallest absolute Gasteiger partial charge is 0.327 e. The van der Waals surface area contributed by atoms with E-state index in [1.165, 1.54) is 32.5 Å². The minimum Gasteiger partial charge on any atom is -0.495 e. The number of hydrogen-bond acceptors (Lipinski definition) is 7. The van der Waals surface area contributed by atoms with E-state index in [1.54, 1.807) is 50.3 Å². The Morgan fingerprint density at radius 1 is 1.16 bits per heavy atom. The van der Waals surface area contributed by atoms with Crippen molar-refractivity contribution >= 4 is 58.2 Å². The van der Waals surface area contributed by atoms with E-state index in [-0.39, 0.29) is 16.5 Å². The van der Waals surface area contributed by atoms with Gasteiger partial charge in [-0.1, -0.05) is 29.7 Å². The second kappa shape index (κ2) is 12.0. The molecule has 3 N–H and O–H groups in total. The molecule has 1 aromatic carbocycles. The summed E-state index contributed by atoms with van der Waals surface area (Å²) in [6, 6.07) is 8.07. The fourth-order valence-electron chi connectivity index (χ4n) is 3.47. The van der Waals surface area contributed by atoms with Crippen LogP contribution in [0.3, 0.4) is 0 Å². The molecule has 0 saturated carbocycles. The first kappa shape index (κ1) is 27.8. The summed E-state index contributed by atoms with van der Waals surface area (Å²) in [5.74, 6) is 5.53. The topological polar surface area (TPSA) is 118 Å². The molecule has 0 radical (unpaired) electrons. The highest BCUT2D eigenvalue weighted by atomic mass is 35.5. The molecule has 1 aliphatic carbocycles. The number of aromatic nitrogens is 2. The molecule has 3 amide bonds. The fourth-order valence-corrected chi connectivity index (χ4v) is 4.20. The number of methoxy groups -OCH3 is 2. The molecule has 3 rings (SSSR count). The van der Waals surface area contributed by atoms with Gasteiger partial charge in [0.05, 0.1) is 24.2 Å². The predicted molar refractivity (Wildman–Crippen MR) is 144 cm³/mol. The summed E-state index contributed by atoms with van der Waals surface area (Å²) in [6.07, 6.45) is 2.34. The quantitative estimate of drug-likeness (QED) is 0.350. The van der Waals surface area contributed by atoms with E-state index in [4.69, 9.17) is 32.7 Å². The van der Waals surface area contributed by atoms with E-state index in [0.717, 1.165) is 0 Å². The minimum atomic E-state index is -1.17. The normalized spacial score (nSPS) is 18.7. The third-order valence-electron chi connectivity index (χ3n) is 5.44. The zero-order valence-corrected chi connectivity index (χ0v) is 22.4. The van der Waals surface area contributed by atoms with Crippen LogP contribution in [0.4, 0.5) is 27.8 Å². The zero-order valence-electron chi connectivity index (χ0n) is 20.8. The number of hydrogen-bond donors (Lipinski definition) is 3. The molecule has 0 saturated heterocycles.